The number of carbonyl (C=O) groups excluding carboxylic acids is 1. The lowest BCUT2D eigenvalue weighted by molar-refractivity contribution is -0.134. The van der Waals surface area contributed by atoms with Crippen LogP contribution in [0.15, 0.2) is 53.9 Å². The number of amides is 1. The van der Waals surface area contributed by atoms with Crippen LogP contribution in [-0.2, 0) is 26.0 Å². The molecule has 28 heavy (non-hydrogen) atoms. The first-order valence-corrected chi connectivity index (χ1v) is 10.7. The van der Waals surface area contributed by atoms with Crippen molar-refractivity contribution in [2.24, 2.45) is 0 Å². The van der Waals surface area contributed by atoms with Gasteiger partial charge in [-0.15, -0.1) is 0 Å². The van der Waals surface area contributed by atoms with Gasteiger partial charge >= 0.3 is 0 Å². The van der Waals surface area contributed by atoms with Gasteiger partial charge in [0, 0.05) is 18.8 Å². The smallest absolute Gasteiger partial charge is 0.255 e. The van der Waals surface area contributed by atoms with E-state index < -0.39 is 10.0 Å². The lowest BCUT2D eigenvalue weighted by Gasteiger charge is -2.26. The summed E-state index contributed by atoms with van der Waals surface area (Å²) in [5.41, 5.74) is 3.23. The highest BCUT2D eigenvalue weighted by Crippen LogP contribution is 2.14. The van der Waals surface area contributed by atoms with Crippen LogP contribution in [0.4, 0.5) is 5.69 Å². The second kappa shape index (κ2) is 9.03. The topological polar surface area (TPSA) is 75.7 Å². The molecule has 0 bridgehead atoms. The second-order valence-electron chi connectivity index (χ2n) is 6.73. The van der Waals surface area contributed by atoms with E-state index in [2.05, 4.69) is 4.72 Å². The number of benzene rings is 2. The molecule has 2 aromatic rings. The fourth-order valence-electron chi connectivity index (χ4n) is 2.83. The van der Waals surface area contributed by atoms with Gasteiger partial charge in [-0.25, -0.2) is 8.42 Å². The molecule has 0 saturated carbocycles. The molecule has 0 atom stereocenters. The number of morpholine rings is 1. The third-order valence-electron chi connectivity index (χ3n) is 4.45. The van der Waals surface area contributed by atoms with Crippen LogP contribution >= 0.6 is 0 Å². The monoisotopic (exact) mass is 400 g/mol. The predicted molar refractivity (Wildman–Crippen MR) is 110 cm³/mol. The number of rotatable bonds is 6. The molecule has 7 heteroatoms. The van der Waals surface area contributed by atoms with Gasteiger partial charge in [-0.1, -0.05) is 42.0 Å². The van der Waals surface area contributed by atoms with Crippen LogP contribution in [-0.4, -0.2) is 45.5 Å². The van der Waals surface area contributed by atoms with Crippen molar-refractivity contribution < 1.29 is 17.9 Å². The average molecular weight is 401 g/mol. The van der Waals surface area contributed by atoms with Crippen LogP contribution in [0.5, 0.6) is 0 Å². The number of hydrogen-bond donors (Lipinski definition) is 1. The first kappa shape index (κ1) is 20.1. The summed E-state index contributed by atoms with van der Waals surface area (Å²) >= 11 is 0. The Bertz CT molecular complexity index is 929. The summed E-state index contributed by atoms with van der Waals surface area (Å²) in [6.45, 7) is 4.35. The summed E-state index contributed by atoms with van der Waals surface area (Å²) in [4.78, 5) is 14.1. The van der Waals surface area contributed by atoms with E-state index in [1.54, 1.807) is 35.2 Å². The predicted octanol–water partition coefficient (Wildman–Crippen LogP) is 2.81. The fraction of sp³-hybridized carbons (Fsp3) is 0.286. The lowest BCUT2D eigenvalue weighted by atomic mass is 10.1. The third kappa shape index (κ3) is 5.94. The number of ether oxygens (including phenoxy) is 1. The molecule has 1 heterocycles. The maximum absolute atomic E-state index is 12.3. The summed E-state index contributed by atoms with van der Waals surface area (Å²) in [5, 5.41) is 1.15. The molecule has 0 aromatic heterocycles. The largest absolute Gasteiger partial charge is 0.378 e. The molecule has 6 nitrogen and oxygen atoms in total. The molecule has 1 amide bonds. The van der Waals surface area contributed by atoms with Gasteiger partial charge < -0.3 is 9.64 Å². The van der Waals surface area contributed by atoms with E-state index >= 15 is 0 Å². The van der Waals surface area contributed by atoms with Gasteiger partial charge in [-0.3, -0.25) is 9.52 Å². The zero-order chi connectivity index (χ0) is 20.0. The van der Waals surface area contributed by atoms with Crippen molar-refractivity contribution in [2.45, 2.75) is 13.3 Å². The molecule has 1 N–H and O–H groups in total. The van der Waals surface area contributed by atoms with Crippen LogP contribution in [0.1, 0.15) is 16.7 Å². The van der Waals surface area contributed by atoms with Crippen LogP contribution in [0.2, 0.25) is 0 Å². The Labute approximate surface area is 165 Å². The summed E-state index contributed by atoms with van der Waals surface area (Å²) in [6.07, 6.45) is 1.84. The Balaban J connectivity index is 1.58. The molecule has 0 unspecified atom stereocenters. The van der Waals surface area contributed by atoms with Gasteiger partial charge in [-0.2, -0.15) is 0 Å². The van der Waals surface area contributed by atoms with Gasteiger partial charge in [0.05, 0.1) is 25.0 Å². The van der Waals surface area contributed by atoms with Gasteiger partial charge in [-0.05, 0) is 36.3 Å². The van der Waals surface area contributed by atoms with E-state index in [1.165, 1.54) is 0 Å². The minimum Gasteiger partial charge on any atom is -0.378 e. The summed E-state index contributed by atoms with van der Waals surface area (Å²) < 4.78 is 32.2. The van der Waals surface area contributed by atoms with Crippen LogP contribution in [0, 0.1) is 6.92 Å². The quantitative estimate of drug-likeness (QED) is 0.809. The number of nitrogens with zero attached hydrogens (tertiary/aromatic N) is 1. The second-order valence-corrected chi connectivity index (χ2v) is 8.29. The van der Waals surface area contributed by atoms with Crippen LogP contribution < -0.4 is 4.72 Å². The zero-order valence-electron chi connectivity index (χ0n) is 15.8. The first-order valence-electron chi connectivity index (χ1n) is 9.13. The Hall–Kier alpha value is -2.64. The molecule has 1 aliphatic rings. The SMILES string of the molecule is Cc1ccc(C=CS(=O)(=O)Nc2ccc(CC(=O)N3CCOCC3)cc2)cc1. The lowest BCUT2D eigenvalue weighted by Crippen LogP contribution is -2.41. The minimum atomic E-state index is -3.62. The standard InChI is InChI=1S/C21H24N2O4S/c1-17-2-4-18(5-3-17)10-15-28(25,26)22-20-8-6-19(7-9-20)16-21(24)23-11-13-27-14-12-23/h2-10,15,22H,11-14,16H2,1H3. The Kier molecular flexibility index (Phi) is 6.49. The molecule has 1 aliphatic heterocycles. The van der Waals surface area contributed by atoms with Crippen LogP contribution in [0.3, 0.4) is 0 Å². The minimum absolute atomic E-state index is 0.0534. The number of sulfonamides is 1. The van der Waals surface area contributed by atoms with Crippen molar-refractivity contribution in [3.05, 3.63) is 70.6 Å². The Morgan fingerprint density at radius 2 is 1.71 bits per heavy atom. The molecule has 0 spiro atoms. The fourth-order valence-corrected chi connectivity index (χ4v) is 3.70. The summed E-state index contributed by atoms with van der Waals surface area (Å²) in [7, 11) is -3.62. The van der Waals surface area contributed by atoms with Crippen molar-refractivity contribution in [2.75, 3.05) is 31.0 Å². The van der Waals surface area contributed by atoms with Crippen molar-refractivity contribution in [1.82, 2.24) is 4.90 Å². The van der Waals surface area contributed by atoms with E-state index in [1.807, 2.05) is 31.2 Å². The van der Waals surface area contributed by atoms with Gasteiger partial charge in [0.2, 0.25) is 5.91 Å². The number of anilines is 1. The van der Waals surface area contributed by atoms with E-state index in [-0.39, 0.29) is 5.91 Å². The number of aryl methyl sites for hydroxylation is 1. The average Bonchev–Trinajstić information content (AvgIpc) is 2.69. The van der Waals surface area contributed by atoms with Crippen molar-refractivity contribution >= 4 is 27.7 Å². The van der Waals surface area contributed by atoms with Gasteiger partial charge in [0.15, 0.2) is 0 Å². The molecule has 148 valence electrons. The molecule has 3 rings (SSSR count). The van der Waals surface area contributed by atoms with Crippen LogP contribution in [0.25, 0.3) is 6.08 Å². The Morgan fingerprint density at radius 3 is 2.36 bits per heavy atom. The van der Waals surface area contributed by atoms with Crippen molar-refractivity contribution in [3.8, 4) is 0 Å². The van der Waals surface area contributed by atoms with Crippen molar-refractivity contribution in [1.29, 1.82) is 0 Å². The normalized spacial score (nSPS) is 15.0. The maximum Gasteiger partial charge on any atom is 0.255 e. The molecule has 1 fully saturated rings. The summed E-state index contributed by atoms with van der Waals surface area (Å²) in [6, 6.07) is 14.4. The molecule has 0 aliphatic carbocycles. The molecule has 0 radical (unpaired) electrons. The van der Waals surface area contributed by atoms with Crippen molar-refractivity contribution in [3.63, 3.8) is 0 Å². The van der Waals surface area contributed by atoms with E-state index in [0.29, 0.717) is 38.4 Å². The molecule has 2 aromatic carbocycles. The number of nitrogens with one attached hydrogen (secondary N) is 1. The Morgan fingerprint density at radius 1 is 1.07 bits per heavy atom. The van der Waals surface area contributed by atoms with E-state index in [9.17, 15) is 13.2 Å². The van der Waals surface area contributed by atoms with E-state index in [0.717, 1.165) is 22.1 Å². The van der Waals surface area contributed by atoms with Gasteiger partial charge in [0.25, 0.3) is 10.0 Å². The highest BCUT2D eigenvalue weighted by Gasteiger charge is 2.17. The summed E-state index contributed by atoms with van der Waals surface area (Å²) in [5.74, 6) is 0.0534. The first-order chi connectivity index (χ1) is 13.4. The third-order valence-corrected chi connectivity index (χ3v) is 5.46. The molecular weight excluding hydrogens is 376 g/mol. The zero-order valence-corrected chi connectivity index (χ0v) is 16.6. The maximum atomic E-state index is 12.3. The number of hydrogen-bond acceptors (Lipinski definition) is 4. The van der Waals surface area contributed by atoms with E-state index in [4.69, 9.17) is 4.74 Å². The highest BCUT2D eigenvalue weighted by atomic mass is 32.2. The highest BCUT2D eigenvalue weighted by molar-refractivity contribution is 7.95. The number of carbonyl (C=O) groups is 1. The van der Waals surface area contributed by atoms with Gasteiger partial charge in [0.1, 0.15) is 0 Å². The molecule has 1 saturated heterocycles. The molecular formula is C21H24N2O4S.